The molecule has 0 spiro atoms. The van der Waals surface area contributed by atoms with E-state index < -0.39 is 0 Å². The maximum absolute atomic E-state index is 13.0. The number of rotatable bonds is 5. The molecule has 1 fully saturated rings. The molecule has 2 aromatic heterocycles. The standard InChI is InChI=1S/C22H23N5O4/c1-13(2)31-19-9-16-14(11-26(22(16)29)15-4-7-30-12-15)8-18(19)25-21(28)17-10-24-27-6-3-5-23-20(17)27/h3,5-6,8-10,13,15H,4,7,11-12H2,1-2H3,(H,25,28)/t15-/m0/s1. The predicted molar refractivity (Wildman–Crippen MR) is 112 cm³/mol. The number of fused-ring (bicyclic) bond motifs is 2. The molecule has 1 atom stereocenters. The number of hydrogen-bond donors (Lipinski definition) is 1. The molecule has 1 N–H and O–H groups in total. The minimum atomic E-state index is -0.340. The summed E-state index contributed by atoms with van der Waals surface area (Å²) < 4.78 is 12.9. The Hall–Kier alpha value is -3.46. The van der Waals surface area contributed by atoms with Crippen molar-refractivity contribution in [3.8, 4) is 5.75 Å². The van der Waals surface area contributed by atoms with Crippen LogP contribution in [0.4, 0.5) is 5.69 Å². The zero-order valence-corrected chi connectivity index (χ0v) is 17.4. The summed E-state index contributed by atoms with van der Waals surface area (Å²) in [4.78, 5) is 32.1. The molecule has 1 saturated heterocycles. The number of hydrogen-bond acceptors (Lipinski definition) is 6. The van der Waals surface area contributed by atoms with Crippen molar-refractivity contribution in [3.63, 3.8) is 0 Å². The van der Waals surface area contributed by atoms with Crippen molar-refractivity contribution in [2.75, 3.05) is 18.5 Å². The molecule has 160 valence electrons. The van der Waals surface area contributed by atoms with Gasteiger partial charge in [0.15, 0.2) is 5.65 Å². The molecule has 2 aliphatic rings. The van der Waals surface area contributed by atoms with Gasteiger partial charge >= 0.3 is 0 Å². The molecular formula is C22H23N5O4. The van der Waals surface area contributed by atoms with E-state index in [4.69, 9.17) is 9.47 Å². The van der Waals surface area contributed by atoms with Crippen molar-refractivity contribution < 1.29 is 19.1 Å². The summed E-state index contributed by atoms with van der Waals surface area (Å²) in [6.45, 7) is 5.52. The molecule has 4 heterocycles. The fourth-order valence-electron chi connectivity index (χ4n) is 4.05. The lowest BCUT2D eigenvalue weighted by Crippen LogP contribution is -2.35. The van der Waals surface area contributed by atoms with Gasteiger partial charge < -0.3 is 19.7 Å². The Kier molecular flexibility index (Phi) is 4.82. The molecule has 0 saturated carbocycles. The second-order valence-corrected chi connectivity index (χ2v) is 8.02. The first-order valence-electron chi connectivity index (χ1n) is 10.3. The quantitative estimate of drug-likeness (QED) is 0.680. The van der Waals surface area contributed by atoms with Gasteiger partial charge in [-0.3, -0.25) is 9.59 Å². The summed E-state index contributed by atoms with van der Waals surface area (Å²) in [5.74, 6) is 0.0980. The lowest BCUT2D eigenvalue weighted by atomic mass is 10.1. The van der Waals surface area contributed by atoms with Crippen LogP contribution in [0.2, 0.25) is 0 Å². The molecule has 31 heavy (non-hydrogen) atoms. The molecule has 3 aromatic rings. The number of carbonyl (C=O) groups excluding carboxylic acids is 2. The van der Waals surface area contributed by atoms with E-state index in [2.05, 4.69) is 15.4 Å². The third-order valence-corrected chi connectivity index (χ3v) is 5.52. The van der Waals surface area contributed by atoms with Gasteiger partial charge in [-0.1, -0.05) is 0 Å². The van der Waals surface area contributed by atoms with Crippen molar-refractivity contribution >= 4 is 23.1 Å². The molecule has 0 radical (unpaired) electrons. The summed E-state index contributed by atoms with van der Waals surface area (Å²) in [6.07, 6.45) is 5.54. The lowest BCUT2D eigenvalue weighted by molar-refractivity contribution is 0.0678. The highest BCUT2D eigenvalue weighted by Crippen LogP contribution is 2.36. The maximum Gasteiger partial charge on any atom is 0.261 e. The summed E-state index contributed by atoms with van der Waals surface area (Å²) in [7, 11) is 0. The third kappa shape index (κ3) is 3.50. The molecule has 9 nitrogen and oxygen atoms in total. The van der Waals surface area contributed by atoms with Crippen molar-refractivity contribution in [1.82, 2.24) is 19.5 Å². The number of carbonyl (C=O) groups is 2. The van der Waals surface area contributed by atoms with Crippen LogP contribution in [0.25, 0.3) is 5.65 Å². The summed E-state index contributed by atoms with van der Waals surface area (Å²) >= 11 is 0. The number of anilines is 1. The summed E-state index contributed by atoms with van der Waals surface area (Å²) in [6, 6.07) is 5.39. The highest BCUT2D eigenvalue weighted by Gasteiger charge is 2.35. The molecule has 1 aromatic carbocycles. The van der Waals surface area contributed by atoms with Crippen LogP contribution in [0.15, 0.2) is 36.8 Å². The molecule has 9 heteroatoms. The largest absolute Gasteiger partial charge is 0.489 e. The second kappa shape index (κ2) is 7.66. The van der Waals surface area contributed by atoms with Crippen LogP contribution in [0.5, 0.6) is 5.75 Å². The van der Waals surface area contributed by atoms with Crippen LogP contribution < -0.4 is 10.1 Å². The highest BCUT2D eigenvalue weighted by atomic mass is 16.5. The van der Waals surface area contributed by atoms with E-state index in [9.17, 15) is 9.59 Å². The van der Waals surface area contributed by atoms with E-state index in [1.165, 1.54) is 6.20 Å². The van der Waals surface area contributed by atoms with Crippen LogP contribution in [0, 0.1) is 0 Å². The van der Waals surface area contributed by atoms with Crippen molar-refractivity contribution in [2.45, 2.75) is 39.0 Å². The normalized spacial score (nSPS) is 18.1. The lowest BCUT2D eigenvalue weighted by Gasteiger charge is -2.21. The van der Waals surface area contributed by atoms with E-state index >= 15 is 0 Å². The number of aromatic nitrogens is 3. The highest BCUT2D eigenvalue weighted by molar-refractivity contribution is 6.09. The Morgan fingerprint density at radius 3 is 3.00 bits per heavy atom. The van der Waals surface area contributed by atoms with E-state index in [1.54, 1.807) is 29.0 Å². The average molecular weight is 421 g/mol. The van der Waals surface area contributed by atoms with Crippen LogP contribution >= 0.6 is 0 Å². The van der Waals surface area contributed by atoms with Gasteiger partial charge in [0.1, 0.15) is 11.3 Å². The molecule has 0 unspecified atom stereocenters. The third-order valence-electron chi connectivity index (χ3n) is 5.52. The number of amides is 2. The first-order valence-corrected chi connectivity index (χ1v) is 10.3. The molecule has 0 aliphatic carbocycles. The van der Waals surface area contributed by atoms with Gasteiger partial charge in [-0.2, -0.15) is 5.10 Å². The molecule has 2 aliphatic heterocycles. The Morgan fingerprint density at radius 1 is 1.35 bits per heavy atom. The van der Waals surface area contributed by atoms with Gasteiger partial charge in [-0.05, 0) is 44.0 Å². The van der Waals surface area contributed by atoms with Crippen LogP contribution in [0.1, 0.15) is 46.5 Å². The maximum atomic E-state index is 13.0. The average Bonchev–Trinajstić information content (AvgIpc) is 3.47. The molecule has 2 amide bonds. The van der Waals surface area contributed by atoms with Crippen LogP contribution in [-0.2, 0) is 11.3 Å². The van der Waals surface area contributed by atoms with E-state index in [-0.39, 0.29) is 24.0 Å². The smallest absolute Gasteiger partial charge is 0.261 e. The van der Waals surface area contributed by atoms with Gasteiger partial charge in [-0.25, -0.2) is 9.50 Å². The molecular weight excluding hydrogens is 398 g/mol. The first kappa shape index (κ1) is 19.5. The first-order chi connectivity index (χ1) is 15.0. The second-order valence-electron chi connectivity index (χ2n) is 8.02. The topological polar surface area (TPSA) is 98.1 Å². The van der Waals surface area contributed by atoms with Gasteiger partial charge in [0, 0.05) is 31.1 Å². The van der Waals surface area contributed by atoms with Crippen molar-refractivity contribution in [1.29, 1.82) is 0 Å². The van der Waals surface area contributed by atoms with Gasteiger partial charge in [-0.15, -0.1) is 0 Å². The van der Waals surface area contributed by atoms with E-state index in [0.29, 0.717) is 48.0 Å². The fraction of sp³-hybridized carbons (Fsp3) is 0.364. The van der Waals surface area contributed by atoms with E-state index in [1.807, 2.05) is 24.8 Å². The Labute approximate surface area is 179 Å². The van der Waals surface area contributed by atoms with Gasteiger partial charge in [0.2, 0.25) is 0 Å². The van der Waals surface area contributed by atoms with E-state index in [0.717, 1.165) is 12.0 Å². The zero-order chi connectivity index (χ0) is 21.5. The minimum absolute atomic E-state index is 0.0242. The van der Waals surface area contributed by atoms with Crippen molar-refractivity contribution in [2.24, 2.45) is 0 Å². The number of nitrogens with zero attached hydrogens (tertiary/aromatic N) is 4. The SMILES string of the molecule is CC(C)Oc1cc2c(cc1NC(=O)c1cnn3cccnc13)CN([C@H]1CCOC1)C2=O. The number of ether oxygens (including phenoxy) is 2. The Bertz CT molecular complexity index is 1170. The van der Waals surface area contributed by atoms with Crippen molar-refractivity contribution in [3.05, 3.63) is 53.5 Å². The predicted octanol–water partition coefficient (Wildman–Crippen LogP) is 2.51. The number of benzene rings is 1. The van der Waals surface area contributed by atoms with Crippen LogP contribution in [-0.4, -0.2) is 56.7 Å². The molecule has 5 rings (SSSR count). The van der Waals surface area contributed by atoms with Crippen LogP contribution in [0.3, 0.4) is 0 Å². The monoisotopic (exact) mass is 421 g/mol. The minimum Gasteiger partial charge on any atom is -0.489 e. The summed E-state index contributed by atoms with van der Waals surface area (Å²) in [5.41, 5.74) is 2.82. The number of nitrogens with one attached hydrogen (secondary N) is 1. The van der Waals surface area contributed by atoms with Gasteiger partial charge in [0.05, 0.1) is 30.6 Å². The fourth-order valence-corrected chi connectivity index (χ4v) is 4.05. The van der Waals surface area contributed by atoms with Gasteiger partial charge in [0.25, 0.3) is 11.8 Å². The Balaban J connectivity index is 1.47. The zero-order valence-electron chi connectivity index (χ0n) is 17.4. The summed E-state index contributed by atoms with van der Waals surface area (Å²) in [5, 5.41) is 7.10. The Morgan fingerprint density at radius 2 is 2.23 bits per heavy atom. The molecule has 0 bridgehead atoms.